The number of nitro groups is 1. The van der Waals surface area contributed by atoms with Gasteiger partial charge in [-0.3, -0.25) is 10.1 Å². The number of nitrogens with one attached hydrogen (secondary N) is 1. The van der Waals surface area contributed by atoms with Crippen LogP contribution >= 0.6 is 0 Å². The fourth-order valence-corrected chi connectivity index (χ4v) is 1.53. The maximum atomic E-state index is 10.5. The van der Waals surface area contributed by atoms with Gasteiger partial charge in [0.25, 0.3) is 11.6 Å². The van der Waals surface area contributed by atoms with Crippen LogP contribution in [-0.4, -0.2) is 27.9 Å². The Labute approximate surface area is 114 Å². The number of ether oxygens (including phenoxy) is 1. The zero-order valence-corrected chi connectivity index (χ0v) is 11.1. The molecule has 1 N–H and O–H groups in total. The van der Waals surface area contributed by atoms with Gasteiger partial charge in [-0.25, -0.2) is 4.63 Å². The Morgan fingerprint density at radius 1 is 1.40 bits per heavy atom. The molecular weight excluding hydrogens is 264 g/mol. The quantitative estimate of drug-likeness (QED) is 0.637. The number of benzene rings is 1. The van der Waals surface area contributed by atoms with Crippen LogP contribution in [-0.2, 0) is 0 Å². The van der Waals surface area contributed by atoms with E-state index in [1.807, 2.05) is 6.92 Å². The Morgan fingerprint density at radius 3 is 2.65 bits per heavy atom. The van der Waals surface area contributed by atoms with Gasteiger partial charge in [-0.2, -0.15) is 0 Å². The minimum atomic E-state index is -0.435. The highest BCUT2D eigenvalue weighted by molar-refractivity contribution is 5.48. The van der Waals surface area contributed by atoms with Crippen LogP contribution in [0, 0.1) is 17.0 Å². The molecule has 0 amide bonds. The van der Waals surface area contributed by atoms with Crippen LogP contribution in [0.25, 0.3) is 0 Å². The molecule has 0 fully saturated rings. The summed E-state index contributed by atoms with van der Waals surface area (Å²) in [5.41, 5.74) is 1.43. The normalized spacial score (nSPS) is 11.9. The molecule has 1 heterocycles. The number of nitrogens with zero attached hydrogens (tertiary/aromatic N) is 3. The number of aryl methyl sites for hydroxylation is 1. The summed E-state index contributed by atoms with van der Waals surface area (Å²) in [6, 6.07) is 6.18. The maximum Gasteiger partial charge on any atom is 0.279 e. The van der Waals surface area contributed by atoms with E-state index < -0.39 is 4.92 Å². The molecule has 0 spiro atoms. The van der Waals surface area contributed by atoms with Crippen molar-refractivity contribution in [2.75, 3.05) is 11.9 Å². The first-order valence-corrected chi connectivity index (χ1v) is 6.00. The zero-order valence-electron chi connectivity index (χ0n) is 11.1. The average Bonchev–Trinajstić information content (AvgIpc) is 2.82. The number of hydrogen-bond donors (Lipinski definition) is 1. The Morgan fingerprint density at radius 2 is 2.10 bits per heavy atom. The van der Waals surface area contributed by atoms with Crippen LogP contribution in [0.1, 0.15) is 12.6 Å². The van der Waals surface area contributed by atoms with Crippen LogP contribution in [0.5, 0.6) is 5.88 Å². The van der Waals surface area contributed by atoms with E-state index in [1.165, 1.54) is 12.1 Å². The molecule has 0 aliphatic heterocycles. The van der Waals surface area contributed by atoms with Gasteiger partial charge in [0.15, 0.2) is 0 Å². The van der Waals surface area contributed by atoms with Gasteiger partial charge in [-0.1, -0.05) is 5.16 Å². The van der Waals surface area contributed by atoms with Gasteiger partial charge in [0.1, 0.15) is 11.8 Å². The number of hydrogen-bond acceptors (Lipinski definition) is 7. The first-order valence-electron chi connectivity index (χ1n) is 6.00. The monoisotopic (exact) mass is 278 g/mol. The Bertz CT molecular complexity index is 581. The molecule has 0 radical (unpaired) electrons. The minimum Gasteiger partial charge on any atom is -0.469 e. The lowest BCUT2D eigenvalue weighted by Crippen LogP contribution is -2.23. The van der Waals surface area contributed by atoms with E-state index in [-0.39, 0.29) is 11.8 Å². The van der Waals surface area contributed by atoms with Crippen LogP contribution in [0.15, 0.2) is 28.9 Å². The predicted octanol–water partition coefficient (Wildman–Crippen LogP) is 2.17. The third kappa shape index (κ3) is 3.44. The molecule has 1 aromatic heterocycles. The summed E-state index contributed by atoms with van der Waals surface area (Å²) in [6.45, 7) is 4.12. The standard InChI is InChI=1S/C12H14N4O4/c1-8(19-12-9(2)14-20-15-12)7-13-10-3-5-11(6-4-10)16(17)18/h3-6,8,13H,7H2,1-2H3/t8-/m0/s1. The van der Waals surface area contributed by atoms with E-state index in [0.717, 1.165) is 5.69 Å². The van der Waals surface area contributed by atoms with E-state index in [9.17, 15) is 10.1 Å². The Hall–Kier alpha value is -2.64. The lowest BCUT2D eigenvalue weighted by molar-refractivity contribution is -0.384. The van der Waals surface area contributed by atoms with E-state index in [0.29, 0.717) is 18.1 Å². The molecule has 0 saturated heterocycles. The number of nitro benzene ring substituents is 1. The largest absolute Gasteiger partial charge is 0.469 e. The maximum absolute atomic E-state index is 10.5. The van der Waals surface area contributed by atoms with E-state index in [1.54, 1.807) is 19.1 Å². The van der Waals surface area contributed by atoms with Gasteiger partial charge in [-0.15, -0.1) is 0 Å². The van der Waals surface area contributed by atoms with Crippen molar-refractivity contribution in [3.05, 3.63) is 40.1 Å². The highest BCUT2D eigenvalue weighted by Crippen LogP contribution is 2.16. The number of non-ortho nitro benzene ring substituents is 1. The third-order valence-corrected chi connectivity index (χ3v) is 2.60. The number of anilines is 1. The van der Waals surface area contributed by atoms with Crippen molar-refractivity contribution in [1.82, 2.24) is 10.3 Å². The highest BCUT2D eigenvalue weighted by Gasteiger charge is 2.11. The van der Waals surface area contributed by atoms with Gasteiger partial charge in [0, 0.05) is 17.8 Å². The lowest BCUT2D eigenvalue weighted by atomic mass is 10.2. The Kier molecular flexibility index (Phi) is 4.14. The van der Waals surface area contributed by atoms with Crippen LogP contribution in [0.2, 0.25) is 0 Å². The van der Waals surface area contributed by atoms with E-state index in [4.69, 9.17) is 4.74 Å². The molecule has 0 bridgehead atoms. The molecule has 1 aromatic carbocycles. The van der Waals surface area contributed by atoms with Gasteiger partial charge in [-0.05, 0) is 31.1 Å². The predicted molar refractivity (Wildman–Crippen MR) is 70.7 cm³/mol. The highest BCUT2D eigenvalue weighted by atomic mass is 16.6. The van der Waals surface area contributed by atoms with Gasteiger partial charge in [0.05, 0.1) is 11.5 Å². The molecule has 106 valence electrons. The number of rotatable bonds is 6. The topological polar surface area (TPSA) is 103 Å². The fourth-order valence-electron chi connectivity index (χ4n) is 1.53. The molecule has 0 unspecified atom stereocenters. The van der Waals surface area contributed by atoms with Gasteiger partial charge >= 0.3 is 0 Å². The second-order valence-corrected chi connectivity index (χ2v) is 4.27. The zero-order chi connectivity index (χ0) is 14.5. The summed E-state index contributed by atoms with van der Waals surface area (Å²) < 4.78 is 10.1. The van der Waals surface area contributed by atoms with Crippen LogP contribution < -0.4 is 10.1 Å². The van der Waals surface area contributed by atoms with E-state index in [2.05, 4.69) is 20.3 Å². The minimum absolute atomic E-state index is 0.0594. The van der Waals surface area contributed by atoms with Crippen molar-refractivity contribution in [2.45, 2.75) is 20.0 Å². The van der Waals surface area contributed by atoms with Crippen molar-refractivity contribution in [2.24, 2.45) is 0 Å². The van der Waals surface area contributed by atoms with Crippen molar-refractivity contribution in [3.63, 3.8) is 0 Å². The number of aromatic nitrogens is 2. The smallest absolute Gasteiger partial charge is 0.279 e. The molecule has 0 saturated carbocycles. The molecule has 1 atom stereocenters. The molecule has 0 aliphatic rings. The van der Waals surface area contributed by atoms with Crippen molar-refractivity contribution in [1.29, 1.82) is 0 Å². The van der Waals surface area contributed by atoms with E-state index >= 15 is 0 Å². The SMILES string of the molecule is Cc1nonc1O[C@@H](C)CNc1ccc([N+](=O)[O-])cc1. The fraction of sp³-hybridized carbons (Fsp3) is 0.333. The summed E-state index contributed by atoms with van der Waals surface area (Å²) in [5.74, 6) is 0.364. The molecule has 8 nitrogen and oxygen atoms in total. The molecule has 20 heavy (non-hydrogen) atoms. The third-order valence-electron chi connectivity index (χ3n) is 2.60. The molecule has 0 aliphatic carbocycles. The molecule has 2 rings (SSSR count). The van der Waals surface area contributed by atoms with Crippen LogP contribution in [0.4, 0.5) is 11.4 Å². The summed E-state index contributed by atoms with van der Waals surface area (Å²) in [4.78, 5) is 10.1. The first kappa shape index (κ1) is 13.8. The van der Waals surface area contributed by atoms with Crippen molar-refractivity contribution in [3.8, 4) is 5.88 Å². The van der Waals surface area contributed by atoms with Crippen LogP contribution in [0.3, 0.4) is 0 Å². The summed E-state index contributed by atoms with van der Waals surface area (Å²) in [5, 5.41) is 20.9. The molecular formula is C12H14N4O4. The summed E-state index contributed by atoms with van der Waals surface area (Å²) in [6.07, 6.45) is -0.157. The lowest BCUT2D eigenvalue weighted by Gasteiger charge is -2.14. The van der Waals surface area contributed by atoms with Crippen molar-refractivity contribution < 1.29 is 14.3 Å². The summed E-state index contributed by atoms with van der Waals surface area (Å²) >= 11 is 0. The van der Waals surface area contributed by atoms with Gasteiger partial charge < -0.3 is 10.1 Å². The second-order valence-electron chi connectivity index (χ2n) is 4.27. The summed E-state index contributed by atoms with van der Waals surface area (Å²) in [7, 11) is 0. The van der Waals surface area contributed by atoms with Crippen molar-refractivity contribution >= 4 is 11.4 Å². The second kappa shape index (κ2) is 6.00. The van der Waals surface area contributed by atoms with Gasteiger partial charge in [0.2, 0.25) is 0 Å². The molecule has 2 aromatic rings. The average molecular weight is 278 g/mol. The Balaban J connectivity index is 1.85. The molecule has 8 heteroatoms. The first-order chi connectivity index (χ1) is 9.56.